The second kappa shape index (κ2) is 14.7. The molecule has 2 amide bonds. The number of carbonyl (C=O) groups is 2. The van der Waals surface area contributed by atoms with E-state index in [1.165, 1.54) is 0 Å². The highest BCUT2D eigenvalue weighted by molar-refractivity contribution is 6.74. The first kappa shape index (κ1) is 33.7. The predicted molar refractivity (Wildman–Crippen MR) is 183 cm³/mol. The zero-order valence-corrected chi connectivity index (χ0v) is 28.6. The number of likely N-dealkylation sites (tertiary alicyclic amines) is 1. The van der Waals surface area contributed by atoms with Gasteiger partial charge < -0.3 is 19.4 Å². The average molecular weight is 636 g/mol. The molecule has 236 valence electrons. The van der Waals surface area contributed by atoms with E-state index in [2.05, 4.69) is 56.4 Å². The molecule has 0 saturated carbocycles. The van der Waals surface area contributed by atoms with Crippen molar-refractivity contribution in [1.29, 1.82) is 0 Å². The summed E-state index contributed by atoms with van der Waals surface area (Å²) in [6, 6.07) is 21.4. The molecule has 0 aliphatic carbocycles. The summed E-state index contributed by atoms with van der Waals surface area (Å²) in [6.45, 7) is 13.4. The second-order valence-corrected chi connectivity index (χ2v) is 18.4. The summed E-state index contributed by atoms with van der Waals surface area (Å²) in [5.41, 5.74) is 5.07. The number of piperidine rings is 1. The van der Waals surface area contributed by atoms with Crippen LogP contribution in [0.4, 0.5) is 16.2 Å². The summed E-state index contributed by atoms with van der Waals surface area (Å²) in [6.07, 6.45) is 1.95. The Bertz CT molecular complexity index is 1430. The molecular formula is C35H46ClN3O4Si. The summed E-state index contributed by atoms with van der Waals surface area (Å²) in [5, 5.41) is 6.52. The lowest BCUT2D eigenvalue weighted by atomic mass is 9.99. The fraction of sp³-hybridized carbons (Fsp3) is 0.429. The van der Waals surface area contributed by atoms with Gasteiger partial charge in [-0.3, -0.25) is 10.1 Å². The average Bonchev–Trinajstić information content (AvgIpc) is 2.98. The number of carbonyl (C=O) groups excluding carboxylic acids is 2. The molecule has 4 rings (SSSR count). The van der Waals surface area contributed by atoms with Gasteiger partial charge in [0, 0.05) is 25.1 Å². The largest absolute Gasteiger partial charge is 0.446 e. The van der Waals surface area contributed by atoms with Crippen molar-refractivity contribution in [3.8, 4) is 11.1 Å². The molecule has 0 radical (unpaired) electrons. The van der Waals surface area contributed by atoms with E-state index in [-0.39, 0.29) is 23.5 Å². The lowest BCUT2D eigenvalue weighted by Gasteiger charge is -2.36. The van der Waals surface area contributed by atoms with E-state index in [0.717, 1.165) is 48.2 Å². The zero-order valence-electron chi connectivity index (χ0n) is 26.8. The molecule has 1 aliphatic rings. The van der Waals surface area contributed by atoms with Crippen molar-refractivity contribution < 1.29 is 18.8 Å². The van der Waals surface area contributed by atoms with Crippen LogP contribution >= 0.6 is 11.6 Å². The van der Waals surface area contributed by atoms with Crippen molar-refractivity contribution in [3.63, 3.8) is 0 Å². The molecule has 0 unspecified atom stereocenters. The van der Waals surface area contributed by atoms with Crippen LogP contribution in [0.5, 0.6) is 0 Å². The number of aryl methyl sites for hydroxylation is 1. The van der Waals surface area contributed by atoms with Gasteiger partial charge in [-0.05, 0) is 85.4 Å². The molecule has 44 heavy (non-hydrogen) atoms. The molecule has 0 bridgehead atoms. The van der Waals surface area contributed by atoms with Gasteiger partial charge in [-0.2, -0.15) is 0 Å². The number of nitrogens with zero attached hydrogens (tertiary/aromatic N) is 1. The number of hydrogen-bond acceptors (Lipinski definition) is 5. The van der Waals surface area contributed by atoms with Crippen LogP contribution in [0.25, 0.3) is 11.1 Å². The minimum absolute atomic E-state index is 0.0792. The highest BCUT2D eigenvalue weighted by Gasteiger charge is 2.37. The Morgan fingerprint density at radius 1 is 0.932 bits per heavy atom. The minimum atomic E-state index is -1.88. The van der Waals surface area contributed by atoms with Gasteiger partial charge >= 0.3 is 6.09 Å². The Hall–Kier alpha value is -3.17. The Balaban J connectivity index is 1.37. The number of ether oxygens (including phenoxy) is 1. The third-order valence-electron chi connectivity index (χ3n) is 8.70. The van der Waals surface area contributed by atoms with Gasteiger partial charge in [-0.1, -0.05) is 74.8 Å². The highest BCUT2D eigenvalue weighted by atomic mass is 35.5. The van der Waals surface area contributed by atoms with Gasteiger partial charge in [-0.15, -0.1) is 0 Å². The first-order valence-corrected chi connectivity index (χ1v) is 18.7. The van der Waals surface area contributed by atoms with Gasteiger partial charge in [0.25, 0.3) is 0 Å². The standard InChI is InChI=1S/C35H46ClN3O4Si/c1-35(2,3)44(5,6)42-24-26-13-16-32(30(36)23-26)37-33(40)17-14-25-12-15-31(29(22-25)27-10-8-7-9-11-27)38-34(41)43-28-18-20-39(4)21-19-28/h7-13,15-16,22-23,28H,14,17-21,24H2,1-6H3,(H,37,40)(H,38,41). The zero-order chi connectivity index (χ0) is 31.9. The number of amides is 2. The molecular weight excluding hydrogens is 590 g/mol. The van der Waals surface area contributed by atoms with Crippen LogP contribution < -0.4 is 10.6 Å². The number of nitrogens with one attached hydrogen (secondary N) is 2. The van der Waals surface area contributed by atoms with Crippen molar-refractivity contribution in [2.45, 2.75) is 77.3 Å². The molecule has 3 aromatic carbocycles. The van der Waals surface area contributed by atoms with Crippen molar-refractivity contribution in [1.82, 2.24) is 4.90 Å². The van der Waals surface area contributed by atoms with Crippen LogP contribution in [0.15, 0.2) is 66.7 Å². The van der Waals surface area contributed by atoms with Crippen LogP contribution in [0, 0.1) is 0 Å². The van der Waals surface area contributed by atoms with E-state index in [1.54, 1.807) is 0 Å². The molecule has 9 heteroatoms. The summed E-state index contributed by atoms with van der Waals surface area (Å²) >= 11 is 6.54. The lowest BCUT2D eigenvalue weighted by molar-refractivity contribution is -0.116. The molecule has 0 atom stereocenters. The summed E-state index contributed by atoms with van der Waals surface area (Å²) < 4.78 is 12.0. The third kappa shape index (κ3) is 9.41. The molecule has 7 nitrogen and oxygen atoms in total. The van der Waals surface area contributed by atoms with Gasteiger partial charge in [0.05, 0.1) is 23.0 Å². The smallest absolute Gasteiger partial charge is 0.411 e. The molecule has 1 saturated heterocycles. The SMILES string of the molecule is CN1CCC(OC(=O)Nc2ccc(CCC(=O)Nc3ccc(CO[Si](C)(C)C(C)(C)C)cc3Cl)cc2-c2ccccc2)CC1. The predicted octanol–water partition coefficient (Wildman–Crippen LogP) is 8.74. The number of halogens is 1. The molecule has 0 aromatic heterocycles. The maximum Gasteiger partial charge on any atom is 0.411 e. The molecule has 1 aliphatic heterocycles. The van der Waals surface area contributed by atoms with Crippen LogP contribution in [0.2, 0.25) is 23.2 Å². The van der Waals surface area contributed by atoms with Crippen molar-refractivity contribution in [2.24, 2.45) is 0 Å². The fourth-order valence-corrected chi connectivity index (χ4v) is 6.02. The van der Waals surface area contributed by atoms with E-state index in [9.17, 15) is 9.59 Å². The Kier molecular flexibility index (Phi) is 11.3. The van der Waals surface area contributed by atoms with Crippen LogP contribution in [-0.4, -0.2) is 51.5 Å². The molecule has 1 heterocycles. The van der Waals surface area contributed by atoms with E-state index in [0.29, 0.717) is 29.4 Å². The Morgan fingerprint density at radius 2 is 1.59 bits per heavy atom. The van der Waals surface area contributed by atoms with E-state index < -0.39 is 14.4 Å². The third-order valence-corrected chi connectivity index (χ3v) is 13.5. The lowest BCUT2D eigenvalue weighted by Crippen LogP contribution is -2.40. The molecule has 3 aromatic rings. The van der Waals surface area contributed by atoms with Gasteiger partial charge in [0.2, 0.25) is 5.91 Å². The number of anilines is 2. The maximum atomic E-state index is 12.9. The Labute approximate surface area is 268 Å². The van der Waals surface area contributed by atoms with Crippen LogP contribution in [0.3, 0.4) is 0 Å². The van der Waals surface area contributed by atoms with E-state index in [4.69, 9.17) is 20.8 Å². The van der Waals surface area contributed by atoms with Crippen molar-refractivity contribution in [2.75, 3.05) is 30.8 Å². The van der Waals surface area contributed by atoms with Gasteiger partial charge in [0.15, 0.2) is 8.32 Å². The first-order valence-electron chi connectivity index (χ1n) is 15.4. The topological polar surface area (TPSA) is 79.9 Å². The molecule has 1 fully saturated rings. The quantitative estimate of drug-likeness (QED) is 0.218. The molecule has 2 N–H and O–H groups in total. The van der Waals surface area contributed by atoms with E-state index in [1.807, 2.05) is 66.7 Å². The fourth-order valence-electron chi connectivity index (χ4n) is 4.81. The summed E-state index contributed by atoms with van der Waals surface area (Å²) in [5.74, 6) is -0.123. The van der Waals surface area contributed by atoms with Crippen molar-refractivity contribution in [3.05, 3.63) is 82.9 Å². The van der Waals surface area contributed by atoms with Crippen molar-refractivity contribution >= 4 is 43.3 Å². The number of rotatable bonds is 10. The normalized spacial score (nSPS) is 14.7. The highest BCUT2D eigenvalue weighted by Crippen LogP contribution is 2.37. The maximum absolute atomic E-state index is 12.9. The number of benzene rings is 3. The van der Waals surface area contributed by atoms with Crippen LogP contribution in [0.1, 0.15) is 51.2 Å². The Morgan fingerprint density at radius 3 is 2.25 bits per heavy atom. The summed E-state index contributed by atoms with van der Waals surface area (Å²) in [4.78, 5) is 27.9. The minimum Gasteiger partial charge on any atom is -0.446 e. The number of hydrogen-bond donors (Lipinski definition) is 2. The monoisotopic (exact) mass is 635 g/mol. The van der Waals surface area contributed by atoms with Crippen LogP contribution in [-0.2, 0) is 27.0 Å². The summed E-state index contributed by atoms with van der Waals surface area (Å²) in [7, 11) is 0.198. The van der Waals surface area contributed by atoms with Gasteiger partial charge in [0.1, 0.15) is 6.10 Å². The van der Waals surface area contributed by atoms with E-state index >= 15 is 0 Å². The first-order chi connectivity index (χ1) is 20.8. The molecule has 0 spiro atoms. The van der Waals surface area contributed by atoms with Gasteiger partial charge in [-0.25, -0.2) is 4.79 Å². The second-order valence-electron chi connectivity index (χ2n) is 13.2.